The average Bonchev–Trinajstić information content (AvgIpc) is 2.91. The summed E-state index contributed by atoms with van der Waals surface area (Å²) in [6.45, 7) is 9.24. The largest absolute Gasteiger partial charge is 0.384 e. The predicted molar refractivity (Wildman–Crippen MR) is 83.7 cm³/mol. The summed E-state index contributed by atoms with van der Waals surface area (Å²) in [7, 11) is 0. The van der Waals surface area contributed by atoms with Crippen LogP contribution in [-0.4, -0.2) is 24.5 Å². The predicted octanol–water partition coefficient (Wildman–Crippen LogP) is 4.06. The molecule has 0 atom stereocenters. The van der Waals surface area contributed by atoms with E-state index in [1.54, 1.807) is 0 Å². The summed E-state index contributed by atoms with van der Waals surface area (Å²) < 4.78 is 0. The number of rotatable bonds is 8. The summed E-state index contributed by atoms with van der Waals surface area (Å²) in [6, 6.07) is 6.78. The van der Waals surface area contributed by atoms with Crippen molar-refractivity contribution in [2.75, 3.05) is 25.0 Å². The smallest absolute Gasteiger partial charge is 0.0419 e. The number of hydrogen-bond acceptors (Lipinski definition) is 2. The van der Waals surface area contributed by atoms with Gasteiger partial charge in [-0.1, -0.05) is 44.9 Å². The van der Waals surface area contributed by atoms with Crippen molar-refractivity contribution in [3.63, 3.8) is 0 Å². The van der Waals surface area contributed by atoms with E-state index < -0.39 is 0 Å². The first-order chi connectivity index (χ1) is 9.35. The lowest BCUT2D eigenvalue weighted by Gasteiger charge is -2.23. The Morgan fingerprint density at radius 3 is 2.53 bits per heavy atom. The van der Waals surface area contributed by atoms with Crippen LogP contribution in [0, 0.1) is 0 Å². The zero-order valence-corrected chi connectivity index (χ0v) is 12.5. The van der Waals surface area contributed by atoms with E-state index >= 15 is 0 Å². The molecule has 0 spiro atoms. The van der Waals surface area contributed by atoms with Gasteiger partial charge >= 0.3 is 0 Å². The van der Waals surface area contributed by atoms with Gasteiger partial charge in [0.15, 0.2) is 0 Å². The molecule has 0 radical (unpaired) electrons. The molecule has 1 N–H and O–H groups in total. The minimum atomic E-state index is 1.11. The van der Waals surface area contributed by atoms with Gasteiger partial charge in [0.2, 0.25) is 0 Å². The molecule has 0 fully saturated rings. The topological polar surface area (TPSA) is 15.3 Å². The molecule has 1 aliphatic heterocycles. The van der Waals surface area contributed by atoms with Crippen LogP contribution >= 0.6 is 0 Å². The highest BCUT2D eigenvalue weighted by atomic mass is 15.1. The molecule has 1 heterocycles. The molecule has 1 aromatic carbocycles. The second-order valence-corrected chi connectivity index (χ2v) is 5.61. The van der Waals surface area contributed by atoms with E-state index in [2.05, 4.69) is 42.3 Å². The summed E-state index contributed by atoms with van der Waals surface area (Å²) >= 11 is 0. The minimum Gasteiger partial charge on any atom is -0.384 e. The monoisotopic (exact) mass is 260 g/mol. The van der Waals surface area contributed by atoms with Gasteiger partial charge < -0.3 is 5.32 Å². The van der Waals surface area contributed by atoms with Gasteiger partial charge in [0, 0.05) is 18.8 Å². The maximum absolute atomic E-state index is 3.56. The van der Waals surface area contributed by atoms with Crippen LogP contribution < -0.4 is 5.32 Å². The van der Waals surface area contributed by atoms with Crippen molar-refractivity contribution in [1.82, 2.24) is 4.90 Å². The molecule has 0 amide bonds. The van der Waals surface area contributed by atoms with Crippen LogP contribution in [0.15, 0.2) is 18.2 Å². The third-order valence-electron chi connectivity index (χ3n) is 3.98. The number of benzene rings is 1. The van der Waals surface area contributed by atoms with Crippen LogP contribution in [0.1, 0.15) is 50.7 Å². The summed E-state index contributed by atoms with van der Waals surface area (Å²) in [5, 5.41) is 3.56. The zero-order valence-electron chi connectivity index (χ0n) is 12.5. The first-order valence-corrected chi connectivity index (χ1v) is 7.92. The van der Waals surface area contributed by atoms with Crippen molar-refractivity contribution >= 4 is 5.69 Å². The zero-order chi connectivity index (χ0) is 13.5. The Morgan fingerprint density at radius 2 is 1.84 bits per heavy atom. The lowest BCUT2D eigenvalue weighted by Crippen LogP contribution is -2.26. The summed E-state index contributed by atoms with van der Waals surface area (Å²) in [6.07, 6.45) is 6.38. The van der Waals surface area contributed by atoms with Gasteiger partial charge in [0.1, 0.15) is 0 Å². The van der Waals surface area contributed by atoms with Crippen molar-refractivity contribution in [3.05, 3.63) is 29.3 Å². The van der Waals surface area contributed by atoms with Crippen LogP contribution in [0.4, 0.5) is 5.69 Å². The summed E-state index contributed by atoms with van der Waals surface area (Å²) in [5.74, 6) is 0. The standard InChI is InChI=1S/C17H28N2/c1-3-5-12-19(13-6-4-2)14-16-9-7-8-15-10-11-18-17(15)16/h7-9,18H,3-6,10-14H2,1-2H3. The highest BCUT2D eigenvalue weighted by Gasteiger charge is 2.15. The first-order valence-electron chi connectivity index (χ1n) is 7.92. The number of unbranched alkanes of at least 4 members (excludes halogenated alkanes) is 2. The van der Waals surface area contributed by atoms with Gasteiger partial charge in [-0.25, -0.2) is 0 Å². The third kappa shape index (κ3) is 3.97. The van der Waals surface area contributed by atoms with Crippen molar-refractivity contribution in [2.45, 2.75) is 52.5 Å². The molecule has 0 aliphatic carbocycles. The normalized spacial score (nSPS) is 13.6. The van der Waals surface area contributed by atoms with E-state index in [9.17, 15) is 0 Å². The number of anilines is 1. The third-order valence-corrected chi connectivity index (χ3v) is 3.98. The Kier molecular flexibility index (Phi) is 5.71. The van der Waals surface area contributed by atoms with Crippen molar-refractivity contribution in [1.29, 1.82) is 0 Å². The second-order valence-electron chi connectivity index (χ2n) is 5.61. The molecular formula is C17H28N2. The maximum atomic E-state index is 3.56. The molecule has 1 aromatic rings. The molecule has 0 saturated heterocycles. The highest BCUT2D eigenvalue weighted by Crippen LogP contribution is 2.27. The molecule has 0 aromatic heterocycles. The minimum absolute atomic E-state index is 1.11. The van der Waals surface area contributed by atoms with Crippen LogP contribution in [0.2, 0.25) is 0 Å². The molecule has 2 heteroatoms. The number of fused-ring (bicyclic) bond motifs is 1. The van der Waals surface area contributed by atoms with Crippen molar-refractivity contribution in [2.24, 2.45) is 0 Å². The van der Waals surface area contributed by atoms with E-state index in [1.165, 1.54) is 62.0 Å². The van der Waals surface area contributed by atoms with Crippen LogP contribution in [-0.2, 0) is 13.0 Å². The quantitative estimate of drug-likeness (QED) is 0.758. The SMILES string of the molecule is CCCCN(CCCC)Cc1cccc2c1NCC2. The van der Waals surface area contributed by atoms with Crippen molar-refractivity contribution in [3.8, 4) is 0 Å². The number of para-hydroxylation sites is 1. The fourth-order valence-corrected chi connectivity index (χ4v) is 2.82. The Labute approximate surface area is 118 Å². The molecule has 19 heavy (non-hydrogen) atoms. The second kappa shape index (κ2) is 7.54. The molecule has 0 bridgehead atoms. The molecule has 2 rings (SSSR count). The molecule has 0 unspecified atom stereocenters. The molecule has 1 aliphatic rings. The fourth-order valence-electron chi connectivity index (χ4n) is 2.82. The first kappa shape index (κ1) is 14.4. The fraction of sp³-hybridized carbons (Fsp3) is 0.647. The Bertz CT molecular complexity index is 379. The van der Waals surface area contributed by atoms with E-state index in [4.69, 9.17) is 0 Å². The van der Waals surface area contributed by atoms with Gasteiger partial charge in [-0.15, -0.1) is 0 Å². The van der Waals surface area contributed by atoms with Gasteiger partial charge in [0.25, 0.3) is 0 Å². The van der Waals surface area contributed by atoms with Crippen LogP contribution in [0.5, 0.6) is 0 Å². The lowest BCUT2D eigenvalue weighted by atomic mass is 10.1. The van der Waals surface area contributed by atoms with Gasteiger partial charge in [-0.3, -0.25) is 4.90 Å². The van der Waals surface area contributed by atoms with Crippen LogP contribution in [0.3, 0.4) is 0 Å². The number of nitrogens with zero attached hydrogens (tertiary/aromatic N) is 1. The molecule has 0 saturated carbocycles. The van der Waals surface area contributed by atoms with Gasteiger partial charge in [-0.2, -0.15) is 0 Å². The lowest BCUT2D eigenvalue weighted by molar-refractivity contribution is 0.257. The Morgan fingerprint density at radius 1 is 1.11 bits per heavy atom. The van der Waals surface area contributed by atoms with Gasteiger partial charge in [-0.05, 0) is 43.5 Å². The highest BCUT2D eigenvalue weighted by molar-refractivity contribution is 5.61. The molecular weight excluding hydrogens is 232 g/mol. The molecule has 106 valence electrons. The summed E-state index contributed by atoms with van der Waals surface area (Å²) in [4.78, 5) is 2.63. The maximum Gasteiger partial charge on any atom is 0.0419 e. The molecule has 2 nitrogen and oxygen atoms in total. The number of hydrogen-bond donors (Lipinski definition) is 1. The van der Waals surface area contributed by atoms with E-state index in [-0.39, 0.29) is 0 Å². The van der Waals surface area contributed by atoms with Crippen LogP contribution in [0.25, 0.3) is 0 Å². The van der Waals surface area contributed by atoms with E-state index in [0.29, 0.717) is 0 Å². The Balaban J connectivity index is 2.01. The van der Waals surface area contributed by atoms with E-state index in [1.807, 2.05) is 0 Å². The Hall–Kier alpha value is -1.02. The van der Waals surface area contributed by atoms with Gasteiger partial charge in [0.05, 0.1) is 0 Å². The summed E-state index contributed by atoms with van der Waals surface area (Å²) in [5.41, 5.74) is 4.41. The average molecular weight is 260 g/mol. The van der Waals surface area contributed by atoms with E-state index in [0.717, 1.165) is 13.1 Å². The number of nitrogens with one attached hydrogen (secondary N) is 1. The van der Waals surface area contributed by atoms with Crippen molar-refractivity contribution < 1.29 is 0 Å².